The van der Waals surface area contributed by atoms with Crippen molar-refractivity contribution in [1.29, 1.82) is 0 Å². The van der Waals surface area contributed by atoms with Crippen LogP contribution in [-0.4, -0.2) is 10.1 Å². The number of halogens is 2. The first kappa shape index (κ1) is 10.2. The lowest BCUT2D eigenvalue weighted by Crippen LogP contribution is -2.01. The molecule has 0 aliphatic heterocycles. The average Bonchev–Trinajstić information content (AvgIpc) is 2.69. The molecule has 1 aromatic carbocycles. The molecule has 1 aromatic heterocycles. The summed E-state index contributed by atoms with van der Waals surface area (Å²) in [4.78, 5) is 2.80. The number of aliphatic hydroxyl groups is 1. The molecule has 0 saturated carbocycles. The maximum Gasteiger partial charge on any atom is 0.130 e. The van der Waals surface area contributed by atoms with Gasteiger partial charge < -0.3 is 10.1 Å². The number of benzene rings is 1. The zero-order valence-corrected chi connectivity index (χ0v) is 8.50. The molecule has 1 unspecified atom stereocenters. The van der Waals surface area contributed by atoms with Crippen molar-refractivity contribution in [2.75, 3.05) is 0 Å². The third-order valence-corrected chi connectivity index (χ3v) is 2.43. The fraction of sp³-hybridized carbons (Fsp3) is 0.0909. The lowest BCUT2D eigenvalue weighted by atomic mass is 10.0. The normalized spacial score (nSPS) is 12.7. The molecular formula is C11H9ClFNO. The molecule has 78 valence electrons. The van der Waals surface area contributed by atoms with E-state index >= 15 is 0 Å². The molecule has 0 saturated heterocycles. The van der Waals surface area contributed by atoms with Gasteiger partial charge in [-0.05, 0) is 18.2 Å². The number of rotatable bonds is 2. The predicted octanol–water partition coefficient (Wildman–Crippen LogP) is 2.89. The third kappa shape index (κ3) is 2.03. The van der Waals surface area contributed by atoms with Crippen LogP contribution in [0.15, 0.2) is 36.7 Å². The van der Waals surface area contributed by atoms with Crippen molar-refractivity contribution in [1.82, 2.24) is 4.98 Å². The van der Waals surface area contributed by atoms with Crippen LogP contribution in [0.25, 0.3) is 0 Å². The molecule has 2 nitrogen and oxygen atoms in total. The minimum atomic E-state index is -0.964. The van der Waals surface area contributed by atoms with E-state index in [-0.39, 0.29) is 5.56 Å². The summed E-state index contributed by atoms with van der Waals surface area (Å²) in [6, 6.07) is 5.91. The van der Waals surface area contributed by atoms with E-state index in [1.54, 1.807) is 24.5 Å². The van der Waals surface area contributed by atoms with Crippen molar-refractivity contribution < 1.29 is 9.50 Å². The van der Waals surface area contributed by atoms with Crippen LogP contribution in [0.5, 0.6) is 0 Å². The number of hydrogen-bond donors (Lipinski definition) is 2. The number of nitrogens with one attached hydrogen (secondary N) is 1. The van der Waals surface area contributed by atoms with Crippen LogP contribution in [0.4, 0.5) is 4.39 Å². The van der Waals surface area contributed by atoms with E-state index in [9.17, 15) is 9.50 Å². The highest BCUT2D eigenvalue weighted by molar-refractivity contribution is 6.30. The molecule has 1 heterocycles. The summed E-state index contributed by atoms with van der Waals surface area (Å²) >= 11 is 5.62. The number of H-pyrrole nitrogens is 1. The van der Waals surface area contributed by atoms with Gasteiger partial charge in [-0.15, -0.1) is 0 Å². The summed E-state index contributed by atoms with van der Waals surface area (Å²) in [6.45, 7) is 0. The van der Waals surface area contributed by atoms with Gasteiger partial charge in [0.2, 0.25) is 0 Å². The Morgan fingerprint density at radius 1 is 1.33 bits per heavy atom. The van der Waals surface area contributed by atoms with Crippen molar-refractivity contribution in [3.8, 4) is 0 Å². The zero-order valence-electron chi connectivity index (χ0n) is 7.74. The minimum Gasteiger partial charge on any atom is -0.383 e. The average molecular weight is 226 g/mol. The van der Waals surface area contributed by atoms with Gasteiger partial charge in [0, 0.05) is 28.5 Å². The lowest BCUT2D eigenvalue weighted by Gasteiger charge is -2.10. The van der Waals surface area contributed by atoms with E-state index in [4.69, 9.17) is 11.6 Å². The van der Waals surface area contributed by atoms with Crippen LogP contribution < -0.4 is 0 Å². The highest BCUT2D eigenvalue weighted by Crippen LogP contribution is 2.25. The summed E-state index contributed by atoms with van der Waals surface area (Å²) in [5.41, 5.74) is 0.843. The van der Waals surface area contributed by atoms with Crippen molar-refractivity contribution in [3.63, 3.8) is 0 Å². The van der Waals surface area contributed by atoms with Crippen LogP contribution in [0.1, 0.15) is 17.2 Å². The Bertz CT molecular complexity index is 456. The Balaban J connectivity index is 2.38. The minimum absolute atomic E-state index is 0.221. The Morgan fingerprint density at radius 3 is 2.73 bits per heavy atom. The smallest absolute Gasteiger partial charge is 0.130 e. The molecule has 0 spiro atoms. The molecule has 4 heteroatoms. The molecule has 1 atom stereocenters. The van der Waals surface area contributed by atoms with Crippen LogP contribution in [0.2, 0.25) is 5.02 Å². The van der Waals surface area contributed by atoms with Crippen LogP contribution in [0, 0.1) is 5.82 Å². The molecule has 0 amide bonds. The molecular weight excluding hydrogens is 217 g/mol. The first-order valence-corrected chi connectivity index (χ1v) is 4.82. The number of hydrogen-bond acceptors (Lipinski definition) is 1. The van der Waals surface area contributed by atoms with Gasteiger partial charge in [-0.25, -0.2) is 4.39 Å². The zero-order chi connectivity index (χ0) is 10.8. The second-order valence-corrected chi connectivity index (χ2v) is 3.65. The fourth-order valence-electron chi connectivity index (χ4n) is 1.41. The highest BCUT2D eigenvalue weighted by atomic mass is 35.5. The van der Waals surface area contributed by atoms with Gasteiger partial charge in [-0.3, -0.25) is 0 Å². The second-order valence-electron chi connectivity index (χ2n) is 3.21. The van der Waals surface area contributed by atoms with Gasteiger partial charge in [0.25, 0.3) is 0 Å². The van der Waals surface area contributed by atoms with Crippen molar-refractivity contribution in [2.24, 2.45) is 0 Å². The number of aromatic amines is 1. The second kappa shape index (κ2) is 4.04. The molecule has 0 fully saturated rings. The predicted molar refractivity (Wildman–Crippen MR) is 56.3 cm³/mol. The van der Waals surface area contributed by atoms with Gasteiger partial charge >= 0.3 is 0 Å². The van der Waals surface area contributed by atoms with Gasteiger partial charge in [-0.1, -0.05) is 17.7 Å². The van der Waals surface area contributed by atoms with E-state index < -0.39 is 11.9 Å². The first-order valence-electron chi connectivity index (χ1n) is 4.44. The van der Waals surface area contributed by atoms with Crippen LogP contribution in [0.3, 0.4) is 0 Å². The molecule has 0 aliphatic carbocycles. The molecule has 15 heavy (non-hydrogen) atoms. The summed E-state index contributed by atoms with van der Waals surface area (Å²) in [5.74, 6) is -0.504. The Morgan fingerprint density at radius 2 is 2.13 bits per heavy atom. The SMILES string of the molecule is OC(c1cc[nH]c1)c1ccc(Cl)cc1F. The molecule has 2 N–H and O–H groups in total. The Labute approximate surface area is 91.3 Å². The van der Waals surface area contributed by atoms with Gasteiger partial charge in [-0.2, -0.15) is 0 Å². The molecule has 2 rings (SSSR count). The van der Waals surface area contributed by atoms with Gasteiger partial charge in [0.15, 0.2) is 0 Å². The van der Waals surface area contributed by atoms with Gasteiger partial charge in [0.1, 0.15) is 11.9 Å². The summed E-state index contributed by atoms with van der Waals surface area (Å²) in [6.07, 6.45) is 2.33. The quantitative estimate of drug-likeness (QED) is 0.810. The first-order chi connectivity index (χ1) is 7.18. The van der Waals surface area contributed by atoms with Crippen LogP contribution >= 0.6 is 11.6 Å². The highest BCUT2D eigenvalue weighted by Gasteiger charge is 2.15. The largest absolute Gasteiger partial charge is 0.383 e. The van der Waals surface area contributed by atoms with E-state index in [0.717, 1.165) is 0 Å². The molecule has 0 bridgehead atoms. The Hall–Kier alpha value is -1.32. The van der Waals surface area contributed by atoms with Crippen molar-refractivity contribution in [3.05, 3.63) is 58.6 Å². The van der Waals surface area contributed by atoms with E-state index in [1.807, 2.05) is 0 Å². The van der Waals surface area contributed by atoms with E-state index in [0.29, 0.717) is 10.6 Å². The van der Waals surface area contributed by atoms with Crippen molar-refractivity contribution >= 4 is 11.6 Å². The number of aliphatic hydroxyl groups excluding tert-OH is 1. The lowest BCUT2D eigenvalue weighted by molar-refractivity contribution is 0.215. The summed E-state index contributed by atoms with van der Waals surface area (Å²) < 4.78 is 13.4. The molecule has 0 radical (unpaired) electrons. The third-order valence-electron chi connectivity index (χ3n) is 2.19. The standard InChI is InChI=1S/C11H9ClFNO/c12-8-1-2-9(10(13)5-8)11(15)7-3-4-14-6-7/h1-6,11,14-15H. The summed E-state index contributed by atoms with van der Waals surface area (Å²) in [7, 11) is 0. The van der Waals surface area contributed by atoms with Crippen LogP contribution in [-0.2, 0) is 0 Å². The molecule has 2 aromatic rings. The van der Waals surface area contributed by atoms with Crippen molar-refractivity contribution in [2.45, 2.75) is 6.10 Å². The summed E-state index contributed by atoms with van der Waals surface area (Å²) in [5, 5.41) is 10.2. The Kier molecular flexibility index (Phi) is 2.75. The van der Waals surface area contributed by atoms with E-state index in [1.165, 1.54) is 12.1 Å². The maximum atomic E-state index is 13.4. The number of aromatic nitrogens is 1. The van der Waals surface area contributed by atoms with Gasteiger partial charge in [0.05, 0.1) is 0 Å². The topological polar surface area (TPSA) is 36.0 Å². The monoisotopic (exact) mass is 225 g/mol. The fourth-order valence-corrected chi connectivity index (χ4v) is 1.57. The van der Waals surface area contributed by atoms with E-state index in [2.05, 4.69) is 4.98 Å². The molecule has 0 aliphatic rings. The maximum absolute atomic E-state index is 13.4.